The summed E-state index contributed by atoms with van der Waals surface area (Å²) >= 11 is 0. The number of nitrogens with zero attached hydrogens (tertiary/aromatic N) is 1. The molecule has 0 amide bonds. The number of aliphatic hydroxyl groups excluding tert-OH is 1. The number of para-hydroxylation sites is 1. The van der Waals surface area contributed by atoms with Gasteiger partial charge >= 0.3 is 0 Å². The number of ether oxygens (including phenoxy) is 1. The van der Waals surface area contributed by atoms with Gasteiger partial charge in [0.2, 0.25) is 5.72 Å². The summed E-state index contributed by atoms with van der Waals surface area (Å²) in [5.74, 6) is 0.859. The van der Waals surface area contributed by atoms with E-state index in [4.69, 9.17) is 4.74 Å². The Morgan fingerprint density at radius 3 is 2.65 bits per heavy atom. The molecule has 0 aliphatic carbocycles. The van der Waals surface area contributed by atoms with Gasteiger partial charge in [0.15, 0.2) is 0 Å². The summed E-state index contributed by atoms with van der Waals surface area (Å²) in [4.78, 5) is 2.22. The van der Waals surface area contributed by atoms with Crippen LogP contribution in [-0.4, -0.2) is 17.9 Å². The van der Waals surface area contributed by atoms with Crippen LogP contribution in [0.4, 0.5) is 5.69 Å². The van der Waals surface area contributed by atoms with E-state index in [-0.39, 0.29) is 12.0 Å². The lowest BCUT2D eigenvalue weighted by atomic mass is 9.76. The highest BCUT2D eigenvalue weighted by Gasteiger charge is 2.57. The first-order valence-corrected chi connectivity index (χ1v) is 7.95. The van der Waals surface area contributed by atoms with Crippen molar-refractivity contribution in [2.24, 2.45) is 0 Å². The summed E-state index contributed by atoms with van der Waals surface area (Å²) in [6, 6.07) is 14.3. The molecule has 2 heterocycles. The van der Waals surface area contributed by atoms with E-state index in [1.807, 2.05) is 18.2 Å². The molecular formula is C20H21NO2. The monoisotopic (exact) mass is 307 g/mol. The Balaban J connectivity index is 1.85. The molecule has 2 aromatic carbocycles. The molecule has 0 saturated heterocycles. The number of rotatable bonds is 1. The fraction of sp³-hybridized carbons (Fsp3) is 0.300. The normalized spacial score (nSPS) is 23.6. The van der Waals surface area contributed by atoms with Crippen molar-refractivity contribution in [1.82, 2.24) is 0 Å². The van der Waals surface area contributed by atoms with Crippen LogP contribution in [0.2, 0.25) is 0 Å². The summed E-state index contributed by atoms with van der Waals surface area (Å²) in [5.41, 5.74) is 3.70. The van der Waals surface area contributed by atoms with Crippen molar-refractivity contribution in [3.8, 4) is 5.75 Å². The fourth-order valence-corrected chi connectivity index (χ4v) is 3.93. The van der Waals surface area contributed by atoms with Gasteiger partial charge in [-0.25, -0.2) is 0 Å². The van der Waals surface area contributed by atoms with Gasteiger partial charge in [0.05, 0.1) is 12.0 Å². The van der Waals surface area contributed by atoms with E-state index >= 15 is 0 Å². The van der Waals surface area contributed by atoms with E-state index in [0.29, 0.717) is 0 Å². The molecule has 2 aromatic rings. The zero-order valence-electron chi connectivity index (χ0n) is 13.7. The Hall–Kier alpha value is -2.26. The lowest BCUT2D eigenvalue weighted by Gasteiger charge is -2.45. The molecule has 23 heavy (non-hydrogen) atoms. The summed E-state index contributed by atoms with van der Waals surface area (Å²) in [6.07, 6.45) is 4.26. The molecule has 0 saturated carbocycles. The third-order valence-electron chi connectivity index (χ3n) is 5.34. The summed E-state index contributed by atoms with van der Waals surface area (Å²) in [6.45, 7) is 4.50. The van der Waals surface area contributed by atoms with Crippen LogP contribution in [0.25, 0.3) is 6.08 Å². The number of likely N-dealkylation sites (N-methyl/N-ethyl adjacent to an activating group) is 1. The lowest BCUT2D eigenvalue weighted by Crippen LogP contribution is -2.58. The van der Waals surface area contributed by atoms with E-state index in [0.717, 1.165) is 16.9 Å². The Morgan fingerprint density at radius 2 is 1.91 bits per heavy atom. The van der Waals surface area contributed by atoms with Crippen molar-refractivity contribution in [3.05, 3.63) is 65.2 Å². The van der Waals surface area contributed by atoms with Crippen LogP contribution in [0.1, 0.15) is 30.5 Å². The third kappa shape index (κ3) is 1.74. The highest BCUT2D eigenvalue weighted by atomic mass is 16.5. The Morgan fingerprint density at radius 1 is 1.13 bits per heavy atom. The molecular weight excluding hydrogens is 286 g/mol. The van der Waals surface area contributed by atoms with E-state index in [9.17, 15) is 5.11 Å². The molecule has 2 aliphatic heterocycles. The molecule has 1 atom stereocenters. The smallest absolute Gasteiger partial charge is 0.211 e. The van der Waals surface area contributed by atoms with Crippen molar-refractivity contribution >= 4 is 11.8 Å². The lowest BCUT2D eigenvalue weighted by molar-refractivity contribution is 0.0581. The van der Waals surface area contributed by atoms with Gasteiger partial charge in [0, 0.05) is 18.3 Å². The van der Waals surface area contributed by atoms with Crippen molar-refractivity contribution in [2.75, 3.05) is 11.9 Å². The zero-order chi connectivity index (χ0) is 16.2. The minimum absolute atomic E-state index is 0.0447. The first kappa shape index (κ1) is 14.3. The summed E-state index contributed by atoms with van der Waals surface area (Å²) in [5, 5.41) is 9.31. The number of aliphatic hydroxyl groups is 1. The van der Waals surface area contributed by atoms with Crippen LogP contribution in [0.15, 0.2) is 48.5 Å². The maximum absolute atomic E-state index is 9.31. The molecule has 1 spiro atoms. The first-order valence-electron chi connectivity index (χ1n) is 7.95. The van der Waals surface area contributed by atoms with Crippen LogP contribution in [0.3, 0.4) is 0 Å². The van der Waals surface area contributed by atoms with Gasteiger partial charge in [0.1, 0.15) is 5.75 Å². The zero-order valence-corrected chi connectivity index (χ0v) is 13.7. The SMILES string of the molecule is CN1c2ccccc2C(C)(C)C12C=Cc1cc(CO)ccc1O2. The molecule has 0 fully saturated rings. The molecule has 0 bridgehead atoms. The average Bonchev–Trinajstić information content (AvgIpc) is 2.74. The largest absolute Gasteiger partial charge is 0.463 e. The molecule has 3 nitrogen and oxygen atoms in total. The second kappa shape index (κ2) is 4.62. The molecule has 1 unspecified atom stereocenters. The second-order valence-electron chi connectivity index (χ2n) is 6.86. The topological polar surface area (TPSA) is 32.7 Å². The number of fused-ring (bicyclic) bond motifs is 2. The van der Waals surface area contributed by atoms with Crippen molar-refractivity contribution < 1.29 is 9.84 Å². The molecule has 118 valence electrons. The van der Waals surface area contributed by atoms with Gasteiger partial charge < -0.3 is 14.7 Å². The number of hydrogen-bond donors (Lipinski definition) is 1. The Labute approximate surface area is 136 Å². The summed E-state index contributed by atoms with van der Waals surface area (Å²) in [7, 11) is 2.09. The molecule has 0 aromatic heterocycles. The number of benzene rings is 2. The predicted molar refractivity (Wildman–Crippen MR) is 92.6 cm³/mol. The molecule has 1 N–H and O–H groups in total. The molecule has 4 rings (SSSR count). The molecule has 0 radical (unpaired) electrons. The van der Waals surface area contributed by atoms with Gasteiger partial charge in [-0.15, -0.1) is 0 Å². The van der Waals surface area contributed by atoms with E-state index in [1.165, 1.54) is 11.3 Å². The minimum atomic E-state index is -0.537. The minimum Gasteiger partial charge on any atom is -0.463 e. The molecule has 3 heteroatoms. The first-order chi connectivity index (χ1) is 11.0. The second-order valence-corrected chi connectivity index (χ2v) is 6.86. The van der Waals surface area contributed by atoms with Crippen LogP contribution in [-0.2, 0) is 12.0 Å². The van der Waals surface area contributed by atoms with Gasteiger partial charge in [-0.3, -0.25) is 0 Å². The van der Waals surface area contributed by atoms with E-state index < -0.39 is 5.72 Å². The van der Waals surface area contributed by atoms with E-state index in [1.54, 1.807) is 0 Å². The van der Waals surface area contributed by atoms with Crippen molar-refractivity contribution in [3.63, 3.8) is 0 Å². The van der Waals surface area contributed by atoms with E-state index in [2.05, 4.69) is 62.2 Å². The quantitative estimate of drug-likeness (QED) is 0.872. The fourth-order valence-electron chi connectivity index (χ4n) is 3.93. The van der Waals surface area contributed by atoms with Gasteiger partial charge in [0.25, 0.3) is 0 Å². The van der Waals surface area contributed by atoms with Crippen molar-refractivity contribution in [2.45, 2.75) is 31.6 Å². The Kier molecular flexibility index (Phi) is 2.88. The maximum atomic E-state index is 9.31. The number of anilines is 1. The van der Waals surface area contributed by atoms with Gasteiger partial charge in [-0.05, 0) is 55.3 Å². The standard InChI is InChI=1S/C20H21NO2/c1-19(2)16-6-4-5-7-17(16)21(3)20(19)11-10-15-12-14(13-22)8-9-18(15)23-20/h4-12,22H,13H2,1-3H3. The van der Waals surface area contributed by atoms with Crippen LogP contribution in [0, 0.1) is 0 Å². The van der Waals surface area contributed by atoms with Crippen LogP contribution in [0.5, 0.6) is 5.75 Å². The summed E-state index contributed by atoms with van der Waals surface area (Å²) < 4.78 is 6.55. The number of hydrogen-bond acceptors (Lipinski definition) is 3. The van der Waals surface area contributed by atoms with Crippen LogP contribution < -0.4 is 9.64 Å². The average molecular weight is 307 g/mol. The van der Waals surface area contributed by atoms with Crippen LogP contribution >= 0.6 is 0 Å². The van der Waals surface area contributed by atoms with Gasteiger partial charge in [-0.1, -0.05) is 24.3 Å². The highest BCUT2D eigenvalue weighted by molar-refractivity contribution is 5.72. The maximum Gasteiger partial charge on any atom is 0.211 e. The Bertz CT molecular complexity index is 809. The van der Waals surface area contributed by atoms with Crippen molar-refractivity contribution in [1.29, 1.82) is 0 Å². The highest BCUT2D eigenvalue weighted by Crippen LogP contribution is 2.54. The van der Waals surface area contributed by atoms with Gasteiger partial charge in [-0.2, -0.15) is 0 Å². The molecule has 2 aliphatic rings. The third-order valence-corrected chi connectivity index (χ3v) is 5.34. The predicted octanol–water partition coefficient (Wildman–Crippen LogP) is 3.71.